The van der Waals surface area contributed by atoms with Crippen LogP contribution in [-0.2, 0) is 4.79 Å². The maximum Gasteiger partial charge on any atom is 0.145 e. The Bertz CT molecular complexity index is 514. The lowest BCUT2D eigenvalue weighted by Crippen LogP contribution is -1.79. The van der Waals surface area contributed by atoms with E-state index in [0.29, 0.717) is 5.57 Å². The van der Waals surface area contributed by atoms with Gasteiger partial charge in [-0.1, -0.05) is 30.3 Å². The van der Waals surface area contributed by atoms with Crippen molar-refractivity contribution in [3.63, 3.8) is 0 Å². The molecule has 0 spiro atoms. The minimum absolute atomic E-state index is 0.685. The zero-order valence-electron chi connectivity index (χ0n) is 8.88. The average Bonchev–Trinajstić information content (AvgIpc) is 2.78. The highest BCUT2D eigenvalue weighted by Crippen LogP contribution is 2.23. The van der Waals surface area contributed by atoms with Crippen molar-refractivity contribution in [3.05, 3.63) is 47.0 Å². The lowest BCUT2D eigenvalue weighted by molar-refractivity contribution is -0.104. The molecule has 0 amide bonds. The lowest BCUT2D eigenvalue weighted by atomic mass is 10.2. The van der Waals surface area contributed by atoms with Crippen LogP contribution in [0.2, 0.25) is 0 Å². The first-order chi connectivity index (χ1) is 7.79. The fourth-order valence-corrected chi connectivity index (χ4v) is 2.12. The number of carbonyl (C=O) groups is 1. The molecule has 0 fully saturated rings. The Morgan fingerprint density at radius 2 is 2.06 bits per heavy atom. The van der Waals surface area contributed by atoms with Crippen molar-refractivity contribution in [2.24, 2.45) is 0 Å². The summed E-state index contributed by atoms with van der Waals surface area (Å²) in [6, 6.07) is 10.0. The Kier molecular flexibility index (Phi) is 3.27. The molecular formula is C13H11NOS. The highest BCUT2D eigenvalue weighted by atomic mass is 32.1. The summed E-state index contributed by atoms with van der Waals surface area (Å²) in [7, 11) is 0. The van der Waals surface area contributed by atoms with E-state index in [9.17, 15) is 4.79 Å². The van der Waals surface area contributed by atoms with Gasteiger partial charge in [0.25, 0.3) is 0 Å². The van der Waals surface area contributed by atoms with Gasteiger partial charge in [0.2, 0.25) is 0 Å². The van der Waals surface area contributed by atoms with E-state index in [-0.39, 0.29) is 0 Å². The zero-order valence-corrected chi connectivity index (χ0v) is 9.70. The van der Waals surface area contributed by atoms with Crippen LogP contribution in [0.4, 0.5) is 0 Å². The Hall–Kier alpha value is -1.74. The summed E-state index contributed by atoms with van der Waals surface area (Å²) in [4.78, 5) is 14.9. The maximum absolute atomic E-state index is 10.5. The molecule has 0 aliphatic heterocycles. The van der Waals surface area contributed by atoms with Crippen molar-refractivity contribution < 1.29 is 4.79 Å². The molecule has 1 aromatic carbocycles. The summed E-state index contributed by atoms with van der Waals surface area (Å²) in [5, 5.41) is 2.93. The number of nitrogens with zero attached hydrogens (tertiary/aromatic N) is 1. The third-order valence-electron chi connectivity index (χ3n) is 2.10. The van der Waals surface area contributed by atoms with Crippen LogP contribution < -0.4 is 0 Å². The molecule has 1 aromatic heterocycles. The number of benzene rings is 1. The van der Waals surface area contributed by atoms with E-state index in [1.54, 1.807) is 24.3 Å². The standard InChI is InChI=1S/C13H11NOS/c1-10(8-15)7-12-9-16-13(14-12)11-5-3-2-4-6-11/h2-9H,1H3. The highest BCUT2D eigenvalue weighted by Gasteiger charge is 2.02. The van der Waals surface area contributed by atoms with Gasteiger partial charge in [0.05, 0.1) is 5.69 Å². The molecule has 0 radical (unpaired) electrons. The van der Waals surface area contributed by atoms with E-state index in [4.69, 9.17) is 0 Å². The van der Waals surface area contributed by atoms with Gasteiger partial charge in [0, 0.05) is 10.9 Å². The molecular weight excluding hydrogens is 218 g/mol. The van der Waals surface area contributed by atoms with Crippen molar-refractivity contribution >= 4 is 23.7 Å². The monoisotopic (exact) mass is 229 g/mol. The normalized spacial score (nSPS) is 11.4. The van der Waals surface area contributed by atoms with E-state index in [0.717, 1.165) is 22.6 Å². The van der Waals surface area contributed by atoms with Gasteiger partial charge in [-0.05, 0) is 18.6 Å². The van der Waals surface area contributed by atoms with E-state index in [2.05, 4.69) is 4.98 Å². The smallest absolute Gasteiger partial charge is 0.145 e. The van der Waals surface area contributed by atoms with Gasteiger partial charge in [0.15, 0.2) is 0 Å². The Balaban J connectivity index is 2.30. The second-order valence-corrected chi connectivity index (χ2v) is 4.31. The van der Waals surface area contributed by atoms with Crippen LogP contribution >= 0.6 is 11.3 Å². The van der Waals surface area contributed by atoms with Crippen LogP contribution in [0.15, 0.2) is 41.3 Å². The van der Waals surface area contributed by atoms with E-state index < -0.39 is 0 Å². The fourth-order valence-electron chi connectivity index (χ4n) is 1.33. The van der Waals surface area contributed by atoms with Gasteiger partial charge in [-0.15, -0.1) is 11.3 Å². The number of carbonyl (C=O) groups excluding carboxylic acids is 1. The number of aromatic nitrogens is 1. The summed E-state index contributed by atoms with van der Waals surface area (Å²) in [6.07, 6.45) is 2.62. The van der Waals surface area contributed by atoms with Crippen molar-refractivity contribution in [2.75, 3.05) is 0 Å². The Morgan fingerprint density at radius 3 is 2.75 bits per heavy atom. The molecule has 0 saturated carbocycles. The predicted octanol–water partition coefficient (Wildman–Crippen LogP) is 3.41. The van der Waals surface area contributed by atoms with Gasteiger partial charge in [0.1, 0.15) is 11.3 Å². The second-order valence-electron chi connectivity index (χ2n) is 3.45. The first-order valence-electron chi connectivity index (χ1n) is 4.94. The van der Waals surface area contributed by atoms with Crippen molar-refractivity contribution in [1.29, 1.82) is 0 Å². The number of hydrogen-bond acceptors (Lipinski definition) is 3. The molecule has 0 atom stereocenters. The summed E-state index contributed by atoms with van der Waals surface area (Å²) in [6.45, 7) is 1.77. The van der Waals surface area contributed by atoms with Crippen molar-refractivity contribution in [2.45, 2.75) is 6.92 Å². The largest absolute Gasteiger partial charge is 0.298 e. The number of allylic oxidation sites excluding steroid dienone is 1. The van der Waals surface area contributed by atoms with E-state index in [1.807, 2.05) is 35.7 Å². The molecule has 2 aromatic rings. The van der Waals surface area contributed by atoms with Crippen molar-refractivity contribution in [3.8, 4) is 10.6 Å². The number of hydrogen-bond donors (Lipinski definition) is 0. The molecule has 0 aliphatic rings. The first-order valence-corrected chi connectivity index (χ1v) is 5.82. The van der Waals surface area contributed by atoms with E-state index >= 15 is 0 Å². The Morgan fingerprint density at radius 1 is 1.31 bits per heavy atom. The van der Waals surface area contributed by atoms with Crippen LogP contribution in [0.1, 0.15) is 12.6 Å². The molecule has 2 rings (SSSR count). The lowest BCUT2D eigenvalue weighted by Gasteiger charge is -1.93. The molecule has 1 heterocycles. The number of thiazole rings is 1. The minimum Gasteiger partial charge on any atom is -0.298 e. The van der Waals surface area contributed by atoms with Gasteiger partial charge in [-0.25, -0.2) is 4.98 Å². The molecule has 0 aliphatic carbocycles. The third-order valence-corrected chi connectivity index (χ3v) is 3.01. The van der Waals surface area contributed by atoms with Gasteiger partial charge < -0.3 is 0 Å². The van der Waals surface area contributed by atoms with Crippen LogP contribution in [-0.4, -0.2) is 11.3 Å². The maximum atomic E-state index is 10.5. The van der Waals surface area contributed by atoms with Crippen LogP contribution in [0.5, 0.6) is 0 Å². The van der Waals surface area contributed by atoms with Gasteiger partial charge >= 0.3 is 0 Å². The molecule has 2 nitrogen and oxygen atoms in total. The molecule has 0 unspecified atom stereocenters. The minimum atomic E-state index is 0.685. The van der Waals surface area contributed by atoms with Gasteiger partial charge in [-0.2, -0.15) is 0 Å². The SMILES string of the molecule is CC(C=O)=Cc1csc(-c2ccccc2)n1. The molecule has 3 heteroatoms. The quantitative estimate of drug-likeness (QED) is 0.596. The van der Waals surface area contributed by atoms with Crippen LogP contribution in [0.3, 0.4) is 0 Å². The zero-order chi connectivity index (χ0) is 11.4. The first kappa shape index (κ1) is 10.8. The summed E-state index contributed by atoms with van der Waals surface area (Å²) in [5.74, 6) is 0. The second kappa shape index (κ2) is 4.86. The highest BCUT2D eigenvalue weighted by molar-refractivity contribution is 7.13. The summed E-state index contributed by atoms with van der Waals surface area (Å²) in [5.41, 5.74) is 2.63. The number of aldehydes is 1. The molecule has 0 bridgehead atoms. The summed E-state index contributed by atoms with van der Waals surface area (Å²) < 4.78 is 0. The third kappa shape index (κ3) is 2.44. The predicted molar refractivity (Wildman–Crippen MR) is 67.3 cm³/mol. The molecule has 80 valence electrons. The topological polar surface area (TPSA) is 30.0 Å². The van der Waals surface area contributed by atoms with E-state index in [1.165, 1.54) is 0 Å². The Labute approximate surface area is 98.3 Å². The average molecular weight is 229 g/mol. The summed E-state index contributed by atoms with van der Waals surface area (Å²) >= 11 is 1.58. The van der Waals surface area contributed by atoms with Crippen molar-refractivity contribution in [1.82, 2.24) is 4.98 Å². The van der Waals surface area contributed by atoms with Gasteiger partial charge in [-0.3, -0.25) is 4.79 Å². The molecule has 0 N–H and O–H groups in total. The molecule has 16 heavy (non-hydrogen) atoms. The number of rotatable bonds is 3. The molecule has 0 saturated heterocycles. The van der Waals surface area contributed by atoms with Crippen LogP contribution in [0, 0.1) is 0 Å². The van der Waals surface area contributed by atoms with Crippen LogP contribution in [0.25, 0.3) is 16.6 Å². The fraction of sp³-hybridized carbons (Fsp3) is 0.0769.